The largest absolute Gasteiger partial charge is 0.478 e. The summed E-state index contributed by atoms with van der Waals surface area (Å²) in [6.45, 7) is 0. The molecule has 10 heteroatoms. The number of nitro groups is 2. The van der Waals surface area contributed by atoms with E-state index in [2.05, 4.69) is 0 Å². The number of benzene rings is 2. The van der Waals surface area contributed by atoms with E-state index >= 15 is 0 Å². The Morgan fingerprint density at radius 2 is 1.50 bits per heavy atom. The Hall–Kier alpha value is -4.08. The quantitative estimate of drug-likeness (QED) is 0.272. The molecular weight excluding hydrogens is 348 g/mol. The third-order valence-electron chi connectivity index (χ3n) is 3.07. The molecule has 0 radical (unpaired) electrons. The lowest BCUT2D eigenvalue weighted by atomic mass is 10.1. The molecule has 0 saturated carbocycles. The number of carbonyl (C=O) groups excluding carboxylic acids is 1. The summed E-state index contributed by atoms with van der Waals surface area (Å²) >= 11 is 0. The highest BCUT2D eigenvalue weighted by Gasteiger charge is 2.21. The molecule has 1 N–H and O–H groups in total. The van der Waals surface area contributed by atoms with Crippen molar-refractivity contribution in [2.45, 2.75) is 0 Å². The summed E-state index contributed by atoms with van der Waals surface area (Å²) < 4.78 is 5.03. The molecule has 0 saturated heterocycles. The van der Waals surface area contributed by atoms with Gasteiger partial charge in [-0.05, 0) is 23.8 Å². The van der Waals surface area contributed by atoms with Crippen LogP contribution < -0.4 is 4.74 Å². The fourth-order valence-electron chi connectivity index (χ4n) is 1.90. The number of carboxylic acids is 1. The van der Waals surface area contributed by atoms with Crippen molar-refractivity contribution in [3.05, 3.63) is 79.9 Å². The Labute approximate surface area is 145 Å². The van der Waals surface area contributed by atoms with Gasteiger partial charge in [-0.15, -0.1) is 0 Å². The standard InChI is InChI=1S/C16H10N2O8/c19-15(20)6-3-10-1-4-14(5-2-10)26-16(21)11-7-12(17(22)23)9-13(8-11)18(24)25/h1-9H,(H,19,20)/b6-3+. The van der Waals surface area contributed by atoms with Crippen LogP contribution in [-0.4, -0.2) is 26.9 Å². The monoisotopic (exact) mass is 358 g/mol. The number of esters is 1. The van der Waals surface area contributed by atoms with Crippen molar-refractivity contribution in [2.75, 3.05) is 0 Å². The Morgan fingerprint density at radius 3 is 1.96 bits per heavy atom. The summed E-state index contributed by atoms with van der Waals surface area (Å²) in [5.74, 6) is -2.05. The maximum Gasteiger partial charge on any atom is 0.344 e. The molecule has 0 bridgehead atoms. The van der Waals surface area contributed by atoms with Gasteiger partial charge in [0.2, 0.25) is 0 Å². The van der Waals surface area contributed by atoms with Crippen molar-refractivity contribution < 1.29 is 29.3 Å². The van der Waals surface area contributed by atoms with Gasteiger partial charge < -0.3 is 9.84 Å². The van der Waals surface area contributed by atoms with Crippen LogP contribution in [0.25, 0.3) is 6.08 Å². The second kappa shape index (κ2) is 7.66. The Morgan fingerprint density at radius 1 is 0.962 bits per heavy atom. The number of non-ortho nitro benzene ring substituents is 2. The molecule has 0 atom stereocenters. The molecule has 0 aliphatic carbocycles. The van der Waals surface area contributed by atoms with Crippen LogP contribution in [0.1, 0.15) is 15.9 Å². The van der Waals surface area contributed by atoms with Gasteiger partial charge in [0.25, 0.3) is 11.4 Å². The normalized spacial score (nSPS) is 10.5. The SMILES string of the molecule is O=C(O)/C=C/c1ccc(OC(=O)c2cc([N+](=O)[O-])cc([N+](=O)[O-])c2)cc1. The van der Waals surface area contributed by atoms with Crippen LogP contribution in [0.15, 0.2) is 48.5 Å². The molecule has 0 amide bonds. The van der Waals surface area contributed by atoms with E-state index in [1.807, 2.05) is 0 Å². The maximum absolute atomic E-state index is 12.1. The van der Waals surface area contributed by atoms with Crippen molar-refractivity contribution in [1.29, 1.82) is 0 Å². The van der Waals surface area contributed by atoms with E-state index in [-0.39, 0.29) is 11.3 Å². The van der Waals surface area contributed by atoms with E-state index in [4.69, 9.17) is 9.84 Å². The van der Waals surface area contributed by atoms with E-state index in [1.165, 1.54) is 30.3 Å². The predicted molar refractivity (Wildman–Crippen MR) is 87.8 cm³/mol. The van der Waals surface area contributed by atoms with Crippen molar-refractivity contribution >= 4 is 29.4 Å². The topological polar surface area (TPSA) is 150 Å². The number of nitro benzene ring substituents is 2. The highest BCUT2D eigenvalue weighted by atomic mass is 16.6. The van der Waals surface area contributed by atoms with E-state index in [9.17, 15) is 29.8 Å². The highest BCUT2D eigenvalue weighted by Crippen LogP contribution is 2.24. The summed E-state index contributed by atoms with van der Waals surface area (Å²) in [7, 11) is 0. The molecule has 2 aromatic carbocycles. The molecule has 0 heterocycles. The fourth-order valence-corrected chi connectivity index (χ4v) is 1.90. The second-order valence-electron chi connectivity index (χ2n) is 4.88. The number of nitrogens with zero attached hydrogens (tertiary/aromatic N) is 2. The van der Waals surface area contributed by atoms with Crippen LogP contribution in [0.2, 0.25) is 0 Å². The smallest absolute Gasteiger partial charge is 0.344 e. The molecule has 0 aliphatic rings. The first-order valence-electron chi connectivity index (χ1n) is 6.93. The van der Waals surface area contributed by atoms with Gasteiger partial charge in [0, 0.05) is 18.2 Å². The third kappa shape index (κ3) is 4.71. The highest BCUT2D eigenvalue weighted by molar-refractivity contribution is 5.92. The molecule has 0 aliphatic heterocycles. The molecule has 10 nitrogen and oxygen atoms in total. The van der Waals surface area contributed by atoms with Crippen molar-refractivity contribution in [2.24, 2.45) is 0 Å². The maximum atomic E-state index is 12.1. The Balaban J connectivity index is 2.23. The number of carboxylic acid groups (broad SMARTS) is 1. The lowest BCUT2D eigenvalue weighted by Crippen LogP contribution is -2.09. The minimum absolute atomic E-state index is 0.0802. The fraction of sp³-hybridized carbons (Fsp3) is 0. The average molecular weight is 358 g/mol. The zero-order valence-electron chi connectivity index (χ0n) is 12.9. The lowest BCUT2D eigenvalue weighted by Gasteiger charge is -2.05. The molecule has 2 rings (SSSR count). The van der Waals surface area contributed by atoms with Crippen molar-refractivity contribution in [1.82, 2.24) is 0 Å². The van der Waals surface area contributed by atoms with Crippen LogP contribution in [0.5, 0.6) is 5.75 Å². The molecular formula is C16H10N2O8. The third-order valence-corrected chi connectivity index (χ3v) is 3.07. The molecule has 0 unspecified atom stereocenters. The first kappa shape index (κ1) is 18.3. The number of hydrogen-bond donors (Lipinski definition) is 1. The number of rotatable bonds is 6. The van der Waals surface area contributed by atoms with Gasteiger partial charge in [-0.1, -0.05) is 12.1 Å². The van der Waals surface area contributed by atoms with Crippen LogP contribution in [-0.2, 0) is 4.79 Å². The second-order valence-corrected chi connectivity index (χ2v) is 4.88. The average Bonchev–Trinajstić information content (AvgIpc) is 2.60. The summed E-state index contributed by atoms with van der Waals surface area (Å²) in [5, 5.41) is 30.2. The number of carbonyl (C=O) groups is 2. The number of ether oxygens (including phenoxy) is 1. The van der Waals surface area contributed by atoms with Gasteiger partial charge in [-0.3, -0.25) is 20.2 Å². The van der Waals surface area contributed by atoms with Gasteiger partial charge >= 0.3 is 11.9 Å². The van der Waals surface area contributed by atoms with Crippen molar-refractivity contribution in [3.63, 3.8) is 0 Å². The van der Waals surface area contributed by atoms with E-state index in [0.717, 1.165) is 24.3 Å². The first-order chi connectivity index (χ1) is 12.3. The molecule has 132 valence electrons. The van der Waals surface area contributed by atoms with Crippen LogP contribution in [0.3, 0.4) is 0 Å². The van der Waals surface area contributed by atoms with E-state index < -0.39 is 33.2 Å². The van der Waals surface area contributed by atoms with E-state index in [0.29, 0.717) is 5.56 Å². The zero-order chi connectivity index (χ0) is 19.3. The van der Waals surface area contributed by atoms with Crippen molar-refractivity contribution in [3.8, 4) is 5.75 Å². The Kier molecular flexibility index (Phi) is 5.38. The number of hydrogen-bond acceptors (Lipinski definition) is 7. The van der Waals surface area contributed by atoms with Crippen LogP contribution in [0.4, 0.5) is 11.4 Å². The van der Waals surface area contributed by atoms with E-state index in [1.54, 1.807) is 0 Å². The first-order valence-corrected chi connectivity index (χ1v) is 6.93. The lowest BCUT2D eigenvalue weighted by molar-refractivity contribution is -0.394. The zero-order valence-corrected chi connectivity index (χ0v) is 12.9. The van der Waals surface area contributed by atoms with Gasteiger partial charge in [-0.2, -0.15) is 0 Å². The number of aliphatic carboxylic acids is 1. The molecule has 26 heavy (non-hydrogen) atoms. The predicted octanol–water partition coefficient (Wildman–Crippen LogP) is 2.82. The molecule has 0 aromatic heterocycles. The Bertz CT molecular complexity index is 886. The van der Waals surface area contributed by atoms with Crippen LogP contribution in [0, 0.1) is 20.2 Å². The summed E-state index contributed by atoms with van der Waals surface area (Å²) in [5.41, 5.74) is -1.03. The molecule has 0 fully saturated rings. The summed E-state index contributed by atoms with van der Waals surface area (Å²) in [4.78, 5) is 42.5. The minimum Gasteiger partial charge on any atom is -0.478 e. The van der Waals surface area contributed by atoms with Gasteiger partial charge in [-0.25, -0.2) is 9.59 Å². The van der Waals surface area contributed by atoms with Crippen LogP contribution >= 0.6 is 0 Å². The van der Waals surface area contributed by atoms with Gasteiger partial charge in [0.05, 0.1) is 21.5 Å². The summed E-state index contributed by atoms with van der Waals surface area (Å²) in [6, 6.07) is 8.21. The molecule has 2 aromatic rings. The summed E-state index contributed by atoms with van der Waals surface area (Å²) in [6.07, 6.45) is 2.26. The minimum atomic E-state index is -1.12. The van der Waals surface area contributed by atoms with Gasteiger partial charge in [0.1, 0.15) is 5.75 Å². The van der Waals surface area contributed by atoms with Gasteiger partial charge in [0.15, 0.2) is 0 Å². The molecule has 0 spiro atoms.